The second-order valence-corrected chi connectivity index (χ2v) is 5.90. The van der Waals surface area contributed by atoms with Crippen LogP contribution in [0, 0.1) is 5.82 Å². The highest BCUT2D eigenvalue weighted by Gasteiger charge is 2.28. The minimum absolute atomic E-state index is 0.0528. The molecule has 0 bridgehead atoms. The summed E-state index contributed by atoms with van der Waals surface area (Å²) in [6, 6.07) is 12.6. The average molecular weight is 344 g/mol. The van der Waals surface area contributed by atoms with Crippen molar-refractivity contribution in [3.63, 3.8) is 0 Å². The van der Waals surface area contributed by atoms with E-state index in [4.69, 9.17) is 9.47 Å². The van der Waals surface area contributed by atoms with Gasteiger partial charge in [0.1, 0.15) is 11.4 Å². The maximum Gasteiger partial charge on any atom is 0.258 e. The van der Waals surface area contributed by atoms with Crippen molar-refractivity contribution in [2.45, 2.75) is 12.5 Å². The molecule has 1 aliphatic heterocycles. The zero-order valence-corrected chi connectivity index (χ0v) is 14.3. The van der Waals surface area contributed by atoms with E-state index < -0.39 is 11.7 Å². The number of hydrogen-bond acceptors (Lipinski definition) is 4. The molecule has 1 atom stereocenters. The van der Waals surface area contributed by atoms with Crippen LogP contribution in [0.15, 0.2) is 42.5 Å². The standard InChI is InChI=1S/C19H21FN2O3/c1-24-16-9-8-15(20)17(18(16)25-2)19(23)21-13-10-11-22(12-13)14-6-4-3-5-7-14/h3-9,13H,10-12H2,1-2H3,(H,21,23)/t13-/m1/s1. The van der Waals surface area contributed by atoms with Crippen LogP contribution >= 0.6 is 0 Å². The summed E-state index contributed by atoms with van der Waals surface area (Å²) >= 11 is 0. The summed E-state index contributed by atoms with van der Waals surface area (Å²) in [7, 11) is 2.84. The first-order valence-corrected chi connectivity index (χ1v) is 8.15. The van der Waals surface area contributed by atoms with Crippen molar-refractivity contribution in [1.82, 2.24) is 5.32 Å². The monoisotopic (exact) mass is 344 g/mol. The molecule has 1 amide bonds. The van der Waals surface area contributed by atoms with Gasteiger partial charge < -0.3 is 19.7 Å². The highest BCUT2D eigenvalue weighted by Crippen LogP contribution is 2.33. The quantitative estimate of drug-likeness (QED) is 0.906. The van der Waals surface area contributed by atoms with Crippen LogP contribution in [0.2, 0.25) is 0 Å². The van der Waals surface area contributed by atoms with E-state index >= 15 is 0 Å². The summed E-state index contributed by atoms with van der Waals surface area (Å²) in [6.07, 6.45) is 0.800. The molecule has 3 rings (SSSR count). The molecule has 5 nitrogen and oxygen atoms in total. The third-order valence-electron chi connectivity index (χ3n) is 4.37. The number of anilines is 1. The average Bonchev–Trinajstić information content (AvgIpc) is 3.10. The van der Waals surface area contributed by atoms with Crippen LogP contribution in [0.3, 0.4) is 0 Å². The molecule has 0 aromatic heterocycles. The summed E-state index contributed by atoms with van der Waals surface area (Å²) < 4.78 is 24.5. The fourth-order valence-electron chi connectivity index (χ4n) is 3.12. The van der Waals surface area contributed by atoms with Gasteiger partial charge in [-0.1, -0.05) is 18.2 Å². The van der Waals surface area contributed by atoms with Crippen LogP contribution in [-0.2, 0) is 0 Å². The van der Waals surface area contributed by atoms with Crippen molar-refractivity contribution in [3.05, 3.63) is 53.8 Å². The van der Waals surface area contributed by atoms with E-state index in [9.17, 15) is 9.18 Å². The second kappa shape index (κ2) is 7.42. The molecule has 1 heterocycles. The molecule has 25 heavy (non-hydrogen) atoms. The van der Waals surface area contributed by atoms with E-state index in [1.807, 2.05) is 30.3 Å². The molecule has 0 spiro atoms. The minimum Gasteiger partial charge on any atom is -0.493 e. The van der Waals surface area contributed by atoms with Gasteiger partial charge in [0, 0.05) is 24.8 Å². The van der Waals surface area contributed by atoms with Gasteiger partial charge in [-0.05, 0) is 30.7 Å². The Morgan fingerprint density at radius 2 is 1.92 bits per heavy atom. The lowest BCUT2D eigenvalue weighted by molar-refractivity contribution is 0.0932. The Morgan fingerprint density at radius 3 is 2.60 bits per heavy atom. The van der Waals surface area contributed by atoms with Crippen LogP contribution in [-0.4, -0.2) is 39.3 Å². The molecule has 0 unspecified atom stereocenters. The van der Waals surface area contributed by atoms with Crippen molar-refractivity contribution in [1.29, 1.82) is 0 Å². The Kier molecular flexibility index (Phi) is 5.07. The number of halogens is 1. The van der Waals surface area contributed by atoms with Gasteiger partial charge in [-0.2, -0.15) is 0 Å². The summed E-state index contributed by atoms with van der Waals surface area (Å²) in [4.78, 5) is 14.8. The molecular formula is C19H21FN2O3. The lowest BCUT2D eigenvalue weighted by Gasteiger charge is -2.19. The van der Waals surface area contributed by atoms with E-state index in [1.165, 1.54) is 26.4 Å². The van der Waals surface area contributed by atoms with Gasteiger partial charge in [0.15, 0.2) is 11.5 Å². The van der Waals surface area contributed by atoms with Crippen LogP contribution in [0.4, 0.5) is 10.1 Å². The van der Waals surface area contributed by atoms with Gasteiger partial charge in [-0.3, -0.25) is 4.79 Å². The number of hydrogen-bond donors (Lipinski definition) is 1. The van der Waals surface area contributed by atoms with E-state index in [0.717, 1.165) is 18.7 Å². The van der Waals surface area contributed by atoms with Crippen molar-refractivity contribution < 1.29 is 18.7 Å². The second-order valence-electron chi connectivity index (χ2n) is 5.90. The molecule has 1 saturated heterocycles. The lowest BCUT2D eigenvalue weighted by Crippen LogP contribution is -2.37. The van der Waals surface area contributed by atoms with Crippen molar-refractivity contribution >= 4 is 11.6 Å². The van der Waals surface area contributed by atoms with E-state index in [-0.39, 0.29) is 17.4 Å². The van der Waals surface area contributed by atoms with Crippen LogP contribution in [0.1, 0.15) is 16.8 Å². The van der Waals surface area contributed by atoms with Gasteiger partial charge in [0.05, 0.1) is 14.2 Å². The largest absolute Gasteiger partial charge is 0.493 e. The number of carbonyl (C=O) groups excluding carboxylic acids is 1. The molecule has 0 saturated carbocycles. The Balaban J connectivity index is 1.73. The summed E-state index contributed by atoms with van der Waals surface area (Å²) in [5.41, 5.74) is 0.990. The maximum atomic E-state index is 14.2. The Bertz CT molecular complexity index is 752. The van der Waals surface area contributed by atoms with Crippen LogP contribution < -0.4 is 19.7 Å². The van der Waals surface area contributed by atoms with Gasteiger partial charge in [-0.25, -0.2) is 4.39 Å². The topological polar surface area (TPSA) is 50.8 Å². The number of nitrogens with zero attached hydrogens (tertiary/aromatic N) is 1. The molecule has 6 heteroatoms. The first-order chi connectivity index (χ1) is 12.1. The Hall–Kier alpha value is -2.76. The number of benzene rings is 2. The SMILES string of the molecule is COc1ccc(F)c(C(=O)N[C@@H]2CCN(c3ccccc3)C2)c1OC. The molecule has 1 N–H and O–H groups in total. The fraction of sp³-hybridized carbons (Fsp3) is 0.316. The number of methoxy groups -OCH3 is 2. The van der Waals surface area contributed by atoms with Gasteiger partial charge in [-0.15, -0.1) is 0 Å². The molecule has 2 aromatic rings. The lowest BCUT2D eigenvalue weighted by atomic mass is 10.1. The highest BCUT2D eigenvalue weighted by molar-refractivity contribution is 5.98. The normalized spacial score (nSPS) is 16.6. The molecule has 1 aliphatic rings. The van der Waals surface area contributed by atoms with E-state index in [2.05, 4.69) is 10.2 Å². The number of para-hydroxylation sites is 1. The molecular weight excluding hydrogens is 323 g/mol. The maximum absolute atomic E-state index is 14.2. The van der Waals surface area contributed by atoms with Crippen molar-refractivity contribution in [2.24, 2.45) is 0 Å². The summed E-state index contributed by atoms with van der Waals surface area (Å²) in [6.45, 7) is 1.52. The Labute approximate surface area is 146 Å². The van der Waals surface area contributed by atoms with Crippen molar-refractivity contribution in [2.75, 3.05) is 32.2 Å². The predicted molar refractivity (Wildman–Crippen MR) is 94.0 cm³/mol. The van der Waals surface area contributed by atoms with E-state index in [0.29, 0.717) is 12.3 Å². The summed E-state index contributed by atoms with van der Waals surface area (Å²) in [5, 5.41) is 2.91. The third kappa shape index (κ3) is 3.52. The number of rotatable bonds is 5. The number of carbonyl (C=O) groups is 1. The van der Waals surface area contributed by atoms with Crippen molar-refractivity contribution in [3.8, 4) is 11.5 Å². The minimum atomic E-state index is -0.631. The smallest absolute Gasteiger partial charge is 0.258 e. The zero-order valence-electron chi connectivity index (χ0n) is 14.3. The number of ether oxygens (including phenoxy) is 2. The zero-order chi connectivity index (χ0) is 17.8. The molecule has 1 fully saturated rings. The highest BCUT2D eigenvalue weighted by atomic mass is 19.1. The Morgan fingerprint density at radius 1 is 1.16 bits per heavy atom. The third-order valence-corrected chi connectivity index (χ3v) is 4.37. The van der Waals surface area contributed by atoms with Gasteiger partial charge in [0.25, 0.3) is 5.91 Å². The predicted octanol–water partition coefficient (Wildman–Crippen LogP) is 2.85. The van der Waals surface area contributed by atoms with Gasteiger partial charge in [0.2, 0.25) is 0 Å². The van der Waals surface area contributed by atoms with E-state index in [1.54, 1.807) is 0 Å². The first kappa shape index (κ1) is 17.1. The number of nitrogens with one attached hydrogen (secondary N) is 1. The molecule has 0 aliphatic carbocycles. The fourth-order valence-corrected chi connectivity index (χ4v) is 3.12. The van der Waals surface area contributed by atoms with Crippen LogP contribution in [0.25, 0.3) is 0 Å². The van der Waals surface area contributed by atoms with Gasteiger partial charge >= 0.3 is 0 Å². The van der Waals surface area contributed by atoms with Crippen LogP contribution in [0.5, 0.6) is 11.5 Å². The molecule has 0 radical (unpaired) electrons. The molecule has 2 aromatic carbocycles. The first-order valence-electron chi connectivity index (χ1n) is 8.15. The number of amides is 1. The molecule has 132 valence electrons. The summed E-state index contributed by atoms with van der Waals surface area (Å²) in [5.74, 6) is -0.689.